The Morgan fingerprint density at radius 2 is 1.38 bits per heavy atom. The van der Waals surface area contributed by atoms with Crippen molar-refractivity contribution in [3.05, 3.63) is 0 Å². The van der Waals surface area contributed by atoms with Crippen LogP contribution in [0.2, 0.25) is 0 Å². The van der Waals surface area contributed by atoms with Gasteiger partial charge in [-0.3, -0.25) is 9.32 Å². The Labute approximate surface area is 142 Å². The van der Waals surface area contributed by atoms with Crippen molar-refractivity contribution in [1.82, 2.24) is 0 Å². The molecular weight excluding hydrogens is 343 g/mol. The number of esters is 1. The highest BCUT2D eigenvalue weighted by molar-refractivity contribution is 7.48. The maximum absolute atomic E-state index is 12.9. The molecule has 0 spiro atoms. The number of carbonyl (C=O) groups is 2. The SMILES string of the molecule is COC(=O)OC(C)OP(=O)(OC(C)OC(C)=O)OC(C)C(C)(C)C. The van der Waals surface area contributed by atoms with Gasteiger partial charge in [0.05, 0.1) is 13.2 Å². The lowest BCUT2D eigenvalue weighted by molar-refractivity contribution is -0.163. The van der Waals surface area contributed by atoms with Crippen LogP contribution in [0.5, 0.6) is 0 Å². The zero-order valence-corrected chi connectivity index (χ0v) is 16.2. The molecule has 0 saturated carbocycles. The van der Waals surface area contributed by atoms with E-state index in [1.165, 1.54) is 20.8 Å². The molecular formula is C14H27O9P. The van der Waals surface area contributed by atoms with Crippen LogP contribution in [0.15, 0.2) is 0 Å². The standard InChI is InChI=1S/C14H27O9P/c1-9(14(5,6)7)21-24(17,22-11(3)19-10(2)15)23-12(4)20-13(16)18-8/h9,11-12H,1-8H3. The van der Waals surface area contributed by atoms with Crippen LogP contribution < -0.4 is 0 Å². The summed E-state index contributed by atoms with van der Waals surface area (Å²) in [6, 6.07) is 0. The highest BCUT2D eigenvalue weighted by Gasteiger charge is 2.38. The van der Waals surface area contributed by atoms with Crippen molar-refractivity contribution in [2.45, 2.75) is 67.2 Å². The minimum absolute atomic E-state index is 0.376. The molecule has 4 unspecified atom stereocenters. The highest BCUT2D eigenvalue weighted by atomic mass is 31.2. The van der Waals surface area contributed by atoms with Gasteiger partial charge in [0.2, 0.25) is 12.6 Å². The first-order chi connectivity index (χ1) is 10.8. The monoisotopic (exact) mass is 370 g/mol. The largest absolute Gasteiger partial charge is 0.510 e. The molecule has 0 amide bonds. The lowest BCUT2D eigenvalue weighted by atomic mass is 9.91. The Morgan fingerprint density at radius 3 is 1.75 bits per heavy atom. The van der Waals surface area contributed by atoms with E-state index in [1.807, 2.05) is 20.8 Å². The summed E-state index contributed by atoms with van der Waals surface area (Å²) in [5.74, 6) is -0.628. The van der Waals surface area contributed by atoms with Crippen LogP contribution in [0.1, 0.15) is 48.5 Å². The third-order valence-corrected chi connectivity index (χ3v) is 4.51. The number of carbonyl (C=O) groups excluding carboxylic acids is 2. The van der Waals surface area contributed by atoms with Gasteiger partial charge in [-0.05, 0) is 26.2 Å². The van der Waals surface area contributed by atoms with Crippen molar-refractivity contribution in [1.29, 1.82) is 0 Å². The second-order valence-electron chi connectivity index (χ2n) is 6.09. The van der Waals surface area contributed by atoms with E-state index < -0.39 is 38.6 Å². The molecule has 0 saturated heterocycles. The molecule has 0 aromatic carbocycles. The second-order valence-corrected chi connectivity index (χ2v) is 7.62. The van der Waals surface area contributed by atoms with E-state index in [9.17, 15) is 14.2 Å². The van der Waals surface area contributed by atoms with Gasteiger partial charge in [-0.15, -0.1) is 0 Å². The molecule has 0 fully saturated rings. The first-order valence-corrected chi connectivity index (χ1v) is 8.82. The van der Waals surface area contributed by atoms with E-state index in [4.69, 9.17) is 23.0 Å². The highest BCUT2D eigenvalue weighted by Crippen LogP contribution is 2.54. The predicted octanol–water partition coefficient (Wildman–Crippen LogP) is 3.62. The van der Waals surface area contributed by atoms with Crippen molar-refractivity contribution >= 4 is 19.9 Å². The fraction of sp³-hybridized carbons (Fsp3) is 0.857. The van der Waals surface area contributed by atoms with Crippen molar-refractivity contribution in [2.75, 3.05) is 7.11 Å². The lowest BCUT2D eigenvalue weighted by Crippen LogP contribution is -2.28. The average molecular weight is 370 g/mol. The summed E-state index contributed by atoms with van der Waals surface area (Å²) < 4.78 is 42.3. The summed E-state index contributed by atoms with van der Waals surface area (Å²) in [7, 11) is -3.10. The molecule has 4 atom stereocenters. The maximum Gasteiger partial charge on any atom is 0.510 e. The molecule has 0 aliphatic carbocycles. The van der Waals surface area contributed by atoms with Crippen LogP contribution in [-0.4, -0.2) is 37.9 Å². The molecule has 0 aromatic heterocycles. The maximum atomic E-state index is 12.9. The molecule has 0 aromatic rings. The first kappa shape index (κ1) is 22.9. The van der Waals surface area contributed by atoms with Crippen LogP contribution in [0.4, 0.5) is 4.79 Å². The van der Waals surface area contributed by atoms with Gasteiger partial charge in [0.1, 0.15) is 0 Å². The fourth-order valence-corrected chi connectivity index (χ4v) is 2.92. The minimum Gasteiger partial charge on any atom is -0.438 e. The Hall–Kier alpha value is -1.15. The molecule has 142 valence electrons. The Balaban J connectivity index is 5.15. The zero-order valence-electron chi connectivity index (χ0n) is 15.4. The molecule has 0 aliphatic rings. The number of rotatable bonds is 8. The summed E-state index contributed by atoms with van der Waals surface area (Å²) in [5.41, 5.74) is -0.376. The van der Waals surface area contributed by atoms with E-state index in [0.717, 1.165) is 7.11 Å². The van der Waals surface area contributed by atoms with Crippen LogP contribution in [0.25, 0.3) is 0 Å². The van der Waals surface area contributed by atoms with Crippen LogP contribution in [0, 0.1) is 5.41 Å². The molecule has 0 rings (SSSR count). The van der Waals surface area contributed by atoms with Crippen molar-refractivity contribution in [2.24, 2.45) is 5.41 Å². The van der Waals surface area contributed by atoms with Crippen molar-refractivity contribution < 1.29 is 41.9 Å². The third-order valence-electron chi connectivity index (χ3n) is 2.82. The van der Waals surface area contributed by atoms with Gasteiger partial charge in [0.25, 0.3) is 0 Å². The Morgan fingerprint density at radius 1 is 0.917 bits per heavy atom. The summed E-state index contributed by atoms with van der Waals surface area (Å²) in [6.07, 6.45) is -4.03. The smallest absolute Gasteiger partial charge is 0.438 e. The quantitative estimate of drug-likeness (QED) is 0.360. The van der Waals surface area contributed by atoms with Crippen LogP contribution in [0.3, 0.4) is 0 Å². The number of phosphoric ester groups is 1. The van der Waals surface area contributed by atoms with Gasteiger partial charge in [0.15, 0.2) is 0 Å². The molecule has 0 N–H and O–H groups in total. The van der Waals surface area contributed by atoms with E-state index in [-0.39, 0.29) is 5.41 Å². The summed E-state index contributed by atoms with van der Waals surface area (Å²) in [6.45, 7) is 11.1. The molecule has 0 radical (unpaired) electrons. The molecule has 10 heteroatoms. The molecule has 9 nitrogen and oxygen atoms in total. The molecule has 24 heavy (non-hydrogen) atoms. The van der Waals surface area contributed by atoms with Gasteiger partial charge >= 0.3 is 19.9 Å². The van der Waals surface area contributed by atoms with Gasteiger partial charge in [-0.1, -0.05) is 20.8 Å². The van der Waals surface area contributed by atoms with Gasteiger partial charge in [0, 0.05) is 6.92 Å². The van der Waals surface area contributed by atoms with Crippen molar-refractivity contribution in [3.8, 4) is 0 Å². The summed E-state index contributed by atoms with van der Waals surface area (Å²) >= 11 is 0. The number of ether oxygens (including phenoxy) is 3. The summed E-state index contributed by atoms with van der Waals surface area (Å²) in [4.78, 5) is 22.1. The molecule has 0 heterocycles. The topological polar surface area (TPSA) is 107 Å². The normalized spacial score (nSPS) is 18.0. The lowest BCUT2D eigenvalue weighted by Gasteiger charge is -2.31. The van der Waals surface area contributed by atoms with Crippen LogP contribution >= 0.6 is 7.82 Å². The van der Waals surface area contributed by atoms with Crippen molar-refractivity contribution in [3.63, 3.8) is 0 Å². The first-order valence-electron chi connectivity index (χ1n) is 7.36. The number of hydrogen-bond donors (Lipinski definition) is 0. The number of hydrogen-bond acceptors (Lipinski definition) is 9. The van der Waals surface area contributed by atoms with E-state index >= 15 is 0 Å². The fourth-order valence-electron chi connectivity index (χ4n) is 1.25. The van der Waals surface area contributed by atoms with Gasteiger partial charge in [-0.25, -0.2) is 18.4 Å². The predicted molar refractivity (Wildman–Crippen MR) is 84.0 cm³/mol. The molecule has 0 aliphatic heterocycles. The number of phosphoric acid groups is 1. The number of methoxy groups -OCH3 is 1. The third kappa shape index (κ3) is 9.22. The second kappa shape index (κ2) is 9.36. The molecule has 0 bridgehead atoms. The average Bonchev–Trinajstić information content (AvgIpc) is 2.34. The Bertz CT molecular complexity index is 471. The summed E-state index contributed by atoms with van der Waals surface area (Å²) in [5, 5.41) is 0. The van der Waals surface area contributed by atoms with Gasteiger partial charge in [-0.2, -0.15) is 0 Å². The van der Waals surface area contributed by atoms with Crippen LogP contribution in [-0.2, 0) is 37.1 Å². The Kier molecular flexibility index (Phi) is 8.91. The van der Waals surface area contributed by atoms with E-state index in [0.29, 0.717) is 0 Å². The van der Waals surface area contributed by atoms with Gasteiger partial charge < -0.3 is 14.2 Å². The zero-order chi connectivity index (χ0) is 19.1. The van der Waals surface area contributed by atoms with E-state index in [1.54, 1.807) is 6.92 Å². The minimum atomic E-state index is -4.22. The van der Waals surface area contributed by atoms with E-state index in [2.05, 4.69) is 4.74 Å².